The minimum Gasteiger partial charge on any atom is -0.343 e. The first kappa shape index (κ1) is 16.4. The molecule has 1 unspecified atom stereocenters. The molecule has 0 spiro atoms. The van der Waals surface area contributed by atoms with Gasteiger partial charge in [-0.2, -0.15) is 0 Å². The molecule has 1 aromatic rings. The Kier molecular flexibility index (Phi) is 6.14. The molecule has 2 heterocycles. The fourth-order valence-corrected chi connectivity index (χ4v) is 3.57. The van der Waals surface area contributed by atoms with Gasteiger partial charge in [0.05, 0.1) is 11.2 Å². The Bertz CT molecular complexity index is 456. The van der Waals surface area contributed by atoms with Crippen molar-refractivity contribution in [2.45, 2.75) is 45.2 Å². The molecule has 1 atom stereocenters. The summed E-state index contributed by atoms with van der Waals surface area (Å²) in [5, 5.41) is 0. The van der Waals surface area contributed by atoms with Crippen molar-refractivity contribution in [1.29, 1.82) is 0 Å². The zero-order chi connectivity index (χ0) is 15.2. The lowest BCUT2D eigenvalue weighted by atomic mass is 10.1. The first-order valence-electron chi connectivity index (χ1n) is 7.69. The average molecular weight is 310 g/mol. The number of amides is 1. The third kappa shape index (κ3) is 4.49. The van der Waals surface area contributed by atoms with Crippen LogP contribution in [0.25, 0.3) is 0 Å². The molecule has 1 aliphatic rings. The molecule has 0 saturated carbocycles. The van der Waals surface area contributed by atoms with E-state index < -0.39 is 0 Å². The van der Waals surface area contributed by atoms with Crippen molar-refractivity contribution in [3.8, 4) is 0 Å². The summed E-state index contributed by atoms with van der Waals surface area (Å²) in [5.41, 5.74) is 8.84. The fraction of sp³-hybridized carbons (Fsp3) is 0.733. The second-order valence-corrected chi connectivity index (χ2v) is 6.75. The summed E-state index contributed by atoms with van der Waals surface area (Å²) in [6.07, 6.45) is 4.03. The van der Waals surface area contributed by atoms with Gasteiger partial charge >= 0.3 is 0 Å². The van der Waals surface area contributed by atoms with E-state index in [1.54, 1.807) is 11.3 Å². The van der Waals surface area contributed by atoms with E-state index >= 15 is 0 Å². The van der Waals surface area contributed by atoms with Crippen molar-refractivity contribution in [2.24, 2.45) is 5.73 Å². The number of carbonyl (C=O) groups is 1. The monoisotopic (exact) mass is 310 g/mol. The summed E-state index contributed by atoms with van der Waals surface area (Å²) >= 11 is 1.66. The minimum atomic E-state index is 0.0981. The summed E-state index contributed by atoms with van der Waals surface area (Å²) in [6.45, 7) is 5.16. The molecule has 5 nitrogen and oxygen atoms in total. The third-order valence-electron chi connectivity index (χ3n) is 4.25. The largest absolute Gasteiger partial charge is 0.343 e. The molecule has 1 aromatic heterocycles. The number of rotatable bonds is 6. The van der Waals surface area contributed by atoms with Crippen molar-refractivity contribution in [3.63, 3.8) is 0 Å². The van der Waals surface area contributed by atoms with Crippen molar-refractivity contribution in [1.82, 2.24) is 14.8 Å². The van der Waals surface area contributed by atoms with Gasteiger partial charge in [-0.1, -0.05) is 0 Å². The van der Waals surface area contributed by atoms with Crippen LogP contribution < -0.4 is 5.73 Å². The predicted octanol–water partition coefficient (Wildman–Crippen LogP) is 1.61. The van der Waals surface area contributed by atoms with E-state index in [1.807, 2.05) is 24.4 Å². The Morgan fingerprint density at radius 1 is 1.48 bits per heavy atom. The number of thiazole rings is 1. The molecule has 6 heteroatoms. The van der Waals surface area contributed by atoms with Crippen LogP contribution in [0, 0.1) is 6.92 Å². The van der Waals surface area contributed by atoms with Gasteiger partial charge < -0.3 is 10.6 Å². The summed E-state index contributed by atoms with van der Waals surface area (Å²) < 4.78 is 0. The molecule has 1 aliphatic heterocycles. The Labute approximate surface area is 131 Å². The van der Waals surface area contributed by atoms with Gasteiger partial charge in [0.25, 0.3) is 0 Å². The highest BCUT2D eigenvalue weighted by Crippen LogP contribution is 2.17. The Balaban J connectivity index is 1.89. The molecule has 21 heavy (non-hydrogen) atoms. The highest BCUT2D eigenvalue weighted by molar-refractivity contribution is 7.09. The zero-order valence-electron chi connectivity index (χ0n) is 13.0. The summed E-state index contributed by atoms with van der Waals surface area (Å²) in [6, 6.07) is 0.0981. The van der Waals surface area contributed by atoms with Crippen LogP contribution in [-0.2, 0) is 11.3 Å². The van der Waals surface area contributed by atoms with Gasteiger partial charge in [-0.05, 0) is 33.2 Å². The lowest BCUT2D eigenvalue weighted by Gasteiger charge is -2.31. The second kappa shape index (κ2) is 7.87. The number of hydrogen-bond acceptors (Lipinski definition) is 5. The molecule has 0 aliphatic carbocycles. The third-order valence-corrected chi connectivity index (χ3v) is 5.17. The molecule has 2 rings (SSSR count). The SMILES string of the molecule is Cc1ncsc1CN(C)C(CN)CC(=O)N1CCCCC1. The Hall–Kier alpha value is -0.980. The van der Waals surface area contributed by atoms with E-state index in [4.69, 9.17) is 5.73 Å². The number of nitrogens with two attached hydrogens (primary N) is 1. The van der Waals surface area contributed by atoms with Crippen LogP contribution in [-0.4, -0.2) is 53.4 Å². The van der Waals surface area contributed by atoms with Gasteiger partial charge in [-0.15, -0.1) is 11.3 Å². The standard InChI is InChI=1S/C15H26N4OS/c1-12-14(21-11-17-12)10-18(2)13(9-16)8-15(20)19-6-4-3-5-7-19/h11,13H,3-10,16H2,1-2H3. The molecule has 1 amide bonds. The number of carbonyl (C=O) groups excluding carboxylic acids is 1. The first-order chi connectivity index (χ1) is 10.1. The maximum Gasteiger partial charge on any atom is 0.224 e. The number of hydrogen-bond donors (Lipinski definition) is 1. The molecular formula is C15H26N4OS. The zero-order valence-corrected chi connectivity index (χ0v) is 13.9. The van der Waals surface area contributed by atoms with E-state index in [-0.39, 0.29) is 11.9 Å². The first-order valence-corrected chi connectivity index (χ1v) is 8.56. The van der Waals surface area contributed by atoms with E-state index in [2.05, 4.69) is 9.88 Å². The molecule has 118 valence electrons. The molecule has 0 aromatic carbocycles. The van der Waals surface area contributed by atoms with Crippen LogP contribution in [0.15, 0.2) is 5.51 Å². The van der Waals surface area contributed by atoms with Crippen LogP contribution in [0.2, 0.25) is 0 Å². The number of likely N-dealkylation sites (tertiary alicyclic amines) is 1. The topological polar surface area (TPSA) is 62.5 Å². The minimum absolute atomic E-state index is 0.0981. The molecular weight excluding hydrogens is 284 g/mol. The molecule has 0 radical (unpaired) electrons. The lowest BCUT2D eigenvalue weighted by molar-refractivity contribution is -0.133. The van der Waals surface area contributed by atoms with Gasteiger partial charge in [0, 0.05) is 43.5 Å². The maximum atomic E-state index is 12.4. The highest BCUT2D eigenvalue weighted by atomic mass is 32.1. The van der Waals surface area contributed by atoms with Crippen LogP contribution in [0.5, 0.6) is 0 Å². The number of nitrogens with zero attached hydrogens (tertiary/aromatic N) is 3. The second-order valence-electron chi connectivity index (χ2n) is 5.81. The van der Waals surface area contributed by atoms with Gasteiger partial charge in [-0.25, -0.2) is 4.98 Å². The van der Waals surface area contributed by atoms with Gasteiger partial charge in [0.1, 0.15) is 0 Å². The van der Waals surface area contributed by atoms with Gasteiger partial charge in [0.2, 0.25) is 5.91 Å². The predicted molar refractivity (Wildman–Crippen MR) is 86.2 cm³/mol. The summed E-state index contributed by atoms with van der Waals surface area (Å²) in [7, 11) is 2.04. The fourth-order valence-electron chi connectivity index (χ4n) is 2.73. The van der Waals surface area contributed by atoms with Crippen LogP contribution in [0.1, 0.15) is 36.3 Å². The van der Waals surface area contributed by atoms with Crippen molar-refractivity contribution in [2.75, 3.05) is 26.7 Å². The molecule has 1 fully saturated rings. The summed E-state index contributed by atoms with van der Waals surface area (Å²) in [4.78, 5) is 22.1. The summed E-state index contributed by atoms with van der Waals surface area (Å²) in [5.74, 6) is 0.248. The van der Waals surface area contributed by atoms with Crippen molar-refractivity contribution < 1.29 is 4.79 Å². The van der Waals surface area contributed by atoms with E-state index in [9.17, 15) is 4.79 Å². The van der Waals surface area contributed by atoms with Gasteiger partial charge in [-0.3, -0.25) is 9.69 Å². The van der Waals surface area contributed by atoms with E-state index in [0.717, 1.165) is 38.2 Å². The van der Waals surface area contributed by atoms with Crippen molar-refractivity contribution in [3.05, 3.63) is 16.1 Å². The smallest absolute Gasteiger partial charge is 0.224 e. The van der Waals surface area contributed by atoms with Gasteiger partial charge in [0.15, 0.2) is 0 Å². The average Bonchev–Trinajstić information content (AvgIpc) is 2.90. The Morgan fingerprint density at radius 2 is 2.19 bits per heavy atom. The number of piperidine rings is 1. The van der Waals surface area contributed by atoms with E-state index in [0.29, 0.717) is 13.0 Å². The lowest BCUT2D eigenvalue weighted by Crippen LogP contribution is -2.44. The number of likely N-dealkylation sites (N-methyl/N-ethyl adjacent to an activating group) is 1. The van der Waals surface area contributed by atoms with Crippen LogP contribution >= 0.6 is 11.3 Å². The normalized spacial score (nSPS) is 17.2. The van der Waals surface area contributed by atoms with Crippen LogP contribution in [0.3, 0.4) is 0 Å². The molecule has 1 saturated heterocycles. The van der Waals surface area contributed by atoms with Crippen LogP contribution in [0.4, 0.5) is 0 Å². The highest BCUT2D eigenvalue weighted by Gasteiger charge is 2.23. The van der Waals surface area contributed by atoms with E-state index in [1.165, 1.54) is 11.3 Å². The molecule has 0 bridgehead atoms. The number of aromatic nitrogens is 1. The molecule has 2 N–H and O–H groups in total. The maximum absolute atomic E-state index is 12.4. The number of aryl methyl sites for hydroxylation is 1. The van der Waals surface area contributed by atoms with Crippen molar-refractivity contribution >= 4 is 17.2 Å². The Morgan fingerprint density at radius 3 is 2.76 bits per heavy atom. The quantitative estimate of drug-likeness (QED) is 0.867.